The number of hydrogen-bond donors (Lipinski definition) is 0. The van der Waals surface area contributed by atoms with Crippen molar-refractivity contribution in [3.8, 4) is 119 Å². The van der Waals surface area contributed by atoms with E-state index in [1.807, 2.05) is 207 Å². The summed E-state index contributed by atoms with van der Waals surface area (Å²) in [4.78, 5) is 16.4. The van der Waals surface area contributed by atoms with Crippen LogP contribution >= 0.6 is 0 Å². The van der Waals surface area contributed by atoms with Crippen LogP contribution in [0, 0.1) is 69.1 Å². The molecule has 15 heteroatoms. The van der Waals surface area contributed by atoms with E-state index in [0.29, 0.717) is 0 Å². The summed E-state index contributed by atoms with van der Waals surface area (Å²) in [6.07, 6.45) is 29.8. The quantitative estimate of drug-likeness (QED) is 0.0700. The van der Waals surface area contributed by atoms with E-state index in [4.69, 9.17) is 29.2 Å². The van der Waals surface area contributed by atoms with Crippen molar-refractivity contribution in [2.24, 2.45) is 0 Å². The molecule has 0 amide bonds. The zero-order chi connectivity index (χ0) is 93.5. The monoisotopic (exact) mass is 2350 g/mol. The molecule has 141 heavy (non-hydrogen) atoms. The third-order valence-corrected chi connectivity index (χ3v) is 24.0. The normalized spacial score (nSPS) is 10.8. The van der Waals surface area contributed by atoms with Gasteiger partial charge in [0.25, 0.3) is 0 Å². The summed E-state index contributed by atoms with van der Waals surface area (Å²) >= 11 is 0. The Balaban J connectivity index is 0.000000129. The number of benzene rings is 16. The fourth-order valence-corrected chi connectivity index (χ4v) is 17.5. The standard InChI is InChI=1S/C38H26N4.C34H22N4.C30H18N4.3C8H5.3Au/c1-24-19-27(26-11-4-3-5-12-26)20-25(2)36(24)28-21-29(37-33-14-6-8-16-34(33)40-41-37)23-30(22-28)42-35-17-9-7-13-31(35)32-15-10-18-39-38(32)42;1-2-8-24(9-3-1)25-15-17-26(18-16-25)31-23-32(37-36-31)29-11-6-13-30(22-29)38-33-14-5-4-10-27(33)19-20-28-12-7-21-35-34(28)38;1-2-8-20(9-3-1)21-13-15-23-24-16-14-22(30-25-10-4-5-11-26(25)32-33-30)19-28(24)34(27(23)18-21)29-12-6-7-17-31-29;3*1-2-8-6-4-3-5-7-8;;;/h3-22H,1-2H3;1-21,23H;1-18H;3*3-7H;;;/q3*-2;3*-1;3*+3. The molecule has 0 radical (unpaired) electrons. The summed E-state index contributed by atoms with van der Waals surface area (Å²) < 4.78 is 4.42. The second-order valence-electron chi connectivity index (χ2n) is 32.8. The number of hydrogen-bond acceptors (Lipinski definition) is 7. The second-order valence-corrected chi connectivity index (χ2v) is 32.8. The molecule has 0 unspecified atom stereocenters. The van der Waals surface area contributed by atoms with Gasteiger partial charge in [-0.2, -0.15) is 28.1 Å². The summed E-state index contributed by atoms with van der Waals surface area (Å²) in [5.74, 6) is 8.56. The van der Waals surface area contributed by atoms with Crippen LogP contribution in [0.15, 0.2) is 443 Å². The predicted octanol–water partition coefficient (Wildman–Crippen LogP) is 29.0. The zero-order valence-electron chi connectivity index (χ0n) is 76.1. The van der Waals surface area contributed by atoms with Gasteiger partial charge in [0.05, 0.1) is 11.2 Å². The van der Waals surface area contributed by atoms with Gasteiger partial charge in [-0.05, 0) is 164 Å². The van der Waals surface area contributed by atoms with E-state index in [-0.39, 0.29) is 67.1 Å². The third kappa shape index (κ3) is 21.0. The summed E-state index contributed by atoms with van der Waals surface area (Å²) in [6, 6.07) is 154. The van der Waals surface area contributed by atoms with Crippen LogP contribution < -0.4 is 20.2 Å². The fourth-order valence-electron chi connectivity index (χ4n) is 17.5. The number of para-hydroxylation sites is 2. The van der Waals surface area contributed by atoms with Crippen LogP contribution in [0.1, 0.15) is 38.9 Å². The first-order valence-electron chi connectivity index (χ1n) is 45.1. The maximum Gasteiger partial charge on any atom is 3.00 e. The van der Waals surface area contributed by atoms with Crippen molar-refractivity contribution in [1.82, 2.24) is 54.7 Å². The molecule has 24 aromatic rings. The Morgan fingerprint density at radius 2 is 0.780 bits per heavy atom. The van der Waals surface area contributed by atoms with E-state index in [0.717, 1.165) is 162 Å². The zero-order valence-corrected chi connectivity index (χ0v) is 82.6. The molecule has 8 aromatic heterocycles. The average molecular weight is 2350 g/mol. The van der Waals surface area contributed by atoms with Crippen LogP contribution in [0.3, 0.4) is 0 Å². The van der Waals surface area contributed by atoms with Gasteiger partial charge in [0.15, 0.2) is 0 Å². The topological polar surface area (TPSA) is 133 Å². The predicted molar refractivity (Wildman–Crippen MR) is 561 cm³/mol. The molecule has 0 fully saturated rings. The van der Waals surface area contributed by atoms with Gasteiger partial charge in [0, 0.05) is 57.2 Å². The van der Waals surface area contributed by atoms with Crippen LogP contribution in [-0.4, -0.2) is 39.4 Å². The van der Waals surface area contributed by atoms with Crippen molar-refractivity contribution in [3.05, 3.63) is 520 Å². The number of aryl methyl sites for hydroxylation is 2. The van der Waals surface area contributed by atoms with Gasteiger partial charge in [-0.25, -0.2) is 20.6 Å². The van der Waals surface area contributed by atoms with Gasteiger partial charge in [0.1, 0.15) is 17.3 Å². The molecule has 1 aliphatic rings. The summed E-state index contributed by atoms with van der Waals surface area (Å²) in [5.41, 5.74) is 32.4. The van der Waals surface area contributed by atoms with E-state index in [1.54, 1.807) is 0 Å². The van der Waals surface area contributed by atoms with E-state index < -0.39 is 0 Å². The minimum absolute atomic E-state index is 0. The van der Waals surface area contributed by atoms with E-state index >= 15 is 0 Å². The van der Waals surface area contributed by atoms with Gasteiger partial charge in [-0.15, -0.1) is 114 Å². The molecule has 12 nitrogen and oxygen atoms in total. The summed E-state index contributed by atoms with van der Waals surface area (Å²) in [6.45, 7) is 4.40. The number of rotatable bonds is 11. The number of nitrogens with zero attached hydrogens (tertiary/aromatic N) is 12. The van der Waals surface area contributed by atoms with Gasteiger partial charge in [0.2, 0.25) is 0 Å². The smallest absolute Gasteiger partial charge is 0.618 e. The molecule has 25 rings (SSSR count). The van der Waals surface area contributed by atoms with Crippen LogP contribution in [0.2, 0.25) is 0 Å². The van der Waals surface area contributed by atoms with Gasteiger partial charge >= 0.3 is 67.1 Å². The molecular formula is C126H81Au3N12. The van der Waals surface area contributed by atoms with Crippen molar-refractivity contribution in [1.29, 1.82) is 0 Å². The molecular weight excluding hydrogens is 2270 g/mol. The summed E-state index contributed by atoms with van der Waals surface area (Å²) in [7, 11) is 0. The molecule has 678 valence electrons. The molecule has 1 aliphatic heterocycles. The van der Waals surface area contributed by atoms with Crippen molar-refractivity contribution < 1.29 is 67.1 Å². The number of aromatic nitrogens is 11. The Morgan fingerprint density at radius 3 is 1.40 bits per heavy atom. The van der Waals surface area contributed by atoms with Crippen molar-refractivity contribution in [2.75, 3.05) is 4.90 Å². The van der Waals surface area contributed by atoms with Crippen molar-refractivity contribution in [3.63, 3.8) is 0 Å². The Bertz CT molecular complexity index is 8390. The molecule has 0 bridgehead atoms. The molecule has 0 spiro atoms. The molecule has 0 saturated heterocycles. The molecule has 0 aliphatic carbocycles. The number of pyridine rings is 3. The maximum atomic E-state index is 6.69. The van der Waals surface area contributed by atoms with E-state index in [2.05, 4.69) is 348 Å². The Hall–Kier alpha value is -16.8. The first-order chi connectivity index (χ1) is 68.1. The minimum atomic E-state index is 0. The van der Waals surface area contributed by atoms with Crippen LogP contribution in [0.25, 0.3) is 179 Å². The van der Waals surface area contributed by atoms with Gasteiger partial charge in [-0.1, -0.05) is 313 Å². The second kappa shape index (κ2) is 45.0. The first kappa shape index (κ1) is 95.9. The third-order valence-electron chi connectivity index (χ3n) is 24.0. The van der Waals surface area contributed by atoms with E-state index in [9.17, 15) is 0 Å². The number of fused-ring (bicyclic) bond motifs is 10. The Morgan fingerprint density at radius 1 is 0.298 bits per heavy atom. The van der Waals surface area contributed by atoms with Gasteiger partial charge < -0.3 is 63.9 Å². The Kier molecular flexibility index (Phi) is 30.6. The van der Waals surface area contributed by atoms with Gasteiger partial charge in [-0.3, -0.25) is 17.8 Å². The van der Waals surface area contributed by atoms with Crippen LogP contribution in [0.5, 0.6) is 0 Å². The fraction of sp³-hybridized carbons (Fsp3) is 0.0159. The first-order valence-corrected chi connectivity index (χ1v) is 45.1. The van der Waals surface area contributed by atoms with Crippen molar-refractivity contribution in [2.45, 2.75) is 13.8 Å². The molecule has 0 saturated carbocycles. The van der Waals surface area contributed by atoms with E-state index in [1.165, 1.54) is 60.8 Å². The largest absolute Gasteiger partial charge is 3.00 e. The van der Waals surface area contributed by atoms with Crippen molar-refractivity contribution >= 4 is 94.9 Å². The molecule has 16 aromatic carbocycles. The maximum absolute atomic E-state index is 6.69. The summed E-state index contributed by atoms with van der Waals surface area (Å²) in [5, 5.41) is 33.6. The van der Waals surface area contributed by atoms with Crippen LogP contribution in [-0.2, 0) is 67.1 Å². The SMILES string of the molecule is Cc1cc(-c2ccccc2)cc(C)c1-c1cc(-c2[n-]nc3ccccc23)[c-]c(-n2c3ccccc3c3cccnc32)c1.[Au+3].[Au+3].[Au+3].[C-]#Cc1ccccc1.[C-]#Cc1ccccc1.[C-]#Cc1ccccc1.[c-]1c(-c2[n-]nc3ccccc23)ccc2c3ccc(-c4ccccc4)cc3n(-c3ccccn3)c12.[c-]1c(-c2cc(-c3ccc(-c4ccccc4)cc3)n[n-]2)cccc1N1c2ccccc2C=Cc2cccnc21. The molecule has 9 heterocycles. The molecule has 0 atom stereocenters. The average Bonchev–Trinajstić information content (AvgIpc) is 1.59. The Labute approximate surface area is 866 Å². The number of anilines is 3. The molecule has 0 N–H and O–H groups in total. The van der Waals surface area contributed by atoms with Crippen LogP contribution in [0.4, 0.5) is 17.2 Å². The minimum Gasteiger partial charge on any atom is -0.618 e.